The Bertz CT molecular complexity index is 256. The maximum atomic E-state index is 2.78. The Hall–Kier alpha value is 0.620. The topological polar surface area (TPSA) is 6.48 Å². The van der Waals surface area contributed by atoms with Gasteiger partial charge in [-0.25, -0.2) is 0 Å². The molecule has 0 bridgehead atoms. The first kappa shape index (κ1) is 13.6. The van der Waals surface area contributed by atoms with E-state index in [0.29, 0.717) is 0 Å². The summed E-state index contributed by atoms with van der Waals surface area (Å²) in [4.78, 5) is 5.55. The van der Waals surface area contributed by atoms with Crippen LogP contribution in [0.15, 0.2) is 0 Å². The maximum Gasteiger partial charge on any atom is 0.0265 e. The molecular weight excluding hydrogens is 260 g/mol. The molecule has 3 heterocycles. The molecule has 0 aliphatic carbocycles. The van der Waals surface area contributed by atoms with Gasteiger partial charge >= 0.3 is 0 Å². The lowest BCUT2D eigenvalue weighted by atomic mass is 10.0. The van der Waals surface area contributed by atoms with Gasteiger partial charge in [0.2, 0.25) is 0 Å². The molecule has 3 aliphatic rings. The number of nitrogens with zero attached hydrogens (tertiary/aromatic N) is 2. The third kappa shape index (κ3) is 3.59. The Morgan fingerprint density at radius 3 is 2.83 bits per heavy atom. The van der Waals surface area contributed by atoms with Crippen molar-refractivity contribution in [3.8, 4) is 0 Å². The number of hydrogen-bond donors (Lipinski definition) is 0. The molecule has 0 aromatic rings. The summed E-state index contributed by atoms with van der Waals surface area (Å²) in [5.74, 6) is 4.13. The van der Waals surface area contributed by atoms with Crippen molar-refractivity contribution in [1.29, 1.82) is 0 Å². The molecule has 18 heavy (non-hydrogen) atoms. The van der Waals surface area contributed by atoms with Crippen molar-refractivity contribution in [2.24, 2.45) is 0 Å². The van der Waals surface area contributed by atoms with E-state index in [1.165, 1.54) is 75.7 Å². The summed E-state index contributed by atoms with van der Waals surface area (Å²) >= 11 is 4.38. The van der Waals surface area contributed by atoms with E-state index in [1.807, 2.05) is 0 Å². The van der Waals surface area contributed by atoms with Crippen LogP contribution in [-0.2, 0) is 0 Å². The lowest BCUT2D eigenvalue weighted by Crippen LogP contribution is -2.45. The fourth-order valence-corrected chi connectivity index (χ4v) is 6.26. The quantitative estimate of drug-likeness (QED) is 0.768. The fraction of sp³-hybridized carbons (Fsp3) is 1.00. The summed E-state index contributed by atoms with van der Waals surface area (Å²) in [6.07, 6.45) is 5.73. The van der Waals surface area contributed by atoms with E-state index in [2.05, 4.69) is 33.3 Å². The van der Waals surface area contributed by atoms with Crippen molar-refractivity contribution in [2.45, 2.75) is 37.0 Å². The predicted octanol–water partition coefficient (Wildman–Crippen LogP) is 2.40. The van der Waals surface area contributed by atoms with E-state index in [9.17, 15) is 0 Å². The minimum Gasteiger partial charge on any atom is -0.301 e. The van der Waals surface area contributed by atoms with E-state index in [-0.39, 0.29) is 0 Å². The molecule has 104 valence electrons. The molecule has 0 aromatic carbocycles. The molecule has 4 heteroatoms. The first-order valence-electron chi connectivity index (χ1n) is 7.57. The average molecular weight is 287 g/mol. The second-order valence-electron chi connectivity index (χ2n) is 5.87. The van der Waals surface area contributed by atoms with Crippen molar-refractivity contribution < 1.29 is 0 Å². The van der Waals surface area contributed by atoms with Gasteiger partial charge in [0.25, 0.3) is 0 Å². The number of rotatable bonds is 2. The molecule has 2 unspecified atom stereocenters. The largest absolute Gasteiger partial charge is 0.301 e. The van der Waals surface area contributed by atoms with Gasteiger partial charge in [-0.05, 0) is 38.9 Å². The molecule has 3 fully saturated rings. The molecule has 0 amide bonds. The van der Waals surface area contributed by atoms with Crippen molar-refractivity contribution in [3.05, 3.63) is 0 Å². The summed E-state index contributed by atoms with van der Waals surface area (Å²) in [6, 6.07) is 0.877. The van der Waals surface area contributed by atoms with Crippen LogP contribution in [0.25, 0.3) is 0 Å². The van der Waals surface area contributed by atoms with E-state index in [1.54, 1.807) is 0 Å². The highest BCUT2D eigenvalue weighted by atomic mass is 32.2. The molecule has 3 saturated heterocycles. The average Bonchev–Trinajstić information content (AvgIpc) is 2.61. The zero-order chi connectivity index (χ0) is 12.2. The summed E-state index contributed by atoms with van der Waals surface area (Å²) in [6.45, 7) is 6.76. The van der Waals surface area contributed by atoms with Crippen LogP contribution >= 0.6 is 23.5 Å². The smallest absolute Gasteiger partial charge is 0.0265 e. The fourth-order valence-electron chi connectivity index (χ4n) is 3.54. The van der Waals surface area contributed by atoms with Gasteiger partial charge in [-0.2, -0.15) is 23.5 Å². The first-order valence-corrected chi connectivity index (χ1v) is 9.78. The molecule has 3 aliphatic heterocycles. The molecule has 0 spiro atoms. The number of hydrogen-bond acceptors (Lipinski definition) is 4. The van der Waals surface area contributed by atoms with Crippen molar-refractivity contribution in [1.82, 2.24) is 9.80 Å². The van der Waals surface area contributed by atoms with Crippen LogP contribution in [0, 0.1) is 0 Å². The van der Waals surface area contributed by atoms with E-state index < -0.39 is 0 Å². The van der Waals surface area contributed by atoms with Crippen LogP contribution in [0.2, 0.25) is 0 Å². The third-order valence-corrected chi connectivity index (χ3v) is 7.31. The van der Waals surface area contributed by atoms with Crippen molar-refractivity contribution >= 4 is 23.5 Å². The van der Waals surface area contributed by atoms with Crippen molar-refractivity contribution in [2.75, 3.05) is 50.0 Å². The number of fused-ring (bicyclic) bond motifs is 1. The number of piperidine rings is 1. The minimum atomic E-state index is 0.877. The second kappa shape index (κ2) is 6.87. The Morgan fingerprint density at radius 1 is 1.00 bits per heavy atom. The summed E-state index contributed by atoms with van der Waals surface area (Å²) < 4.78 is 0. The molecule has 0 saturated carbocycles. The zero-order valence-electron chi connectivity index (χ0n) is 11.4. The summed E-state index contributed by atoms with van der Waals surface area (Å²) in [7, 11) is 0. The van der Waals surface area contributed by atoms with Gasteiger partial charge < -0.3 is 4.90 Å². The van der Waals surface area contributed by atoms with Gasteiger partial charge in [0.1, 0.15) is 0 Å². The molecular formula is C14H26N2S2. The van der Waals surface area contributed by atoms with Crippen LogP contribution < -0.4 is 0 Å². The first-order chi connectivity index (χ1) is 8.92. The lowest BCUT2D eigenvalue weighted by Gasteiger charge is -2.36. The van der Waals surface area contributed by atoms with E-state index in [4.69, 9.17) is 0 Å². The highest BCUT2D eigenvalue weighted by Gasteiger charge is 2.28. The van der Waals surface area contributed by atoms with Gasteiger partial charge in [0.15, 0.2) is 0 Å². The predicted molar refractivity (Wildman–Crippen MR) is 83.8 cm³/mol. The highest BCUT2D eigenvalue weighted by molar-refractivity contribution is 8.06. The minimum absolute atomic E-state index is 0.877. The standard InChI is InChI=1S/C14H26N2S2/c1-2-6-16-7-3-5-15(10-13(16)4-1)11-14-12-17-8-9-18-14/h13-14H,1-12H2. The monoisotopic (exact) mass is 286 g/mol. The SMILES string of the molecule is C1CCN2CCCN(CC3CSCCS3)CC2C1. The summed E-state index contributed by atoms with van der Waals surface area (Å²) in [5.41, 5.74) is 0. The van der Waals surface area contributed by atoms with Gasteiger partial charge in [0, 0.05) is 41.6 Å². The Morgan fingerprint density at radius 2 is 1.94 bits per heavy atom. The van der Waals surface area contributed by atoms with Gasteiger partial charge in [-0.1, -0.05) is 6.42 Å². The van der Waals surface area contributed by atoms with Crippen LogP contribution in [0.1, 0.15) is 25.7 Å². The Kier molecular flexibility index (Phi) is 5.19. The maximum absolute atomic E-state index is 2.78. The molecule has 3 rings (SSSR count). The third-order valence-electron chi connectivity index (χ3n) is 4.48. The molecule has 2 nitrogen and oxygen atoms in total. The Labute approximate surface area is 120 Å². The van der Waals surface area contributed by atoms with Crippen LogP contribution in [0.3, 0.4) is 0 Å². The van der Waals surface area contributed by atoms with Crippen LogP contribution in [0.5, 0.6) is 0 Å². The van der Waals surface area contributed by atoms with E-state index in [0.717, 1.165) is 11.3 Å². The molecule has 2 atom stereocenters. The van der Waals surface area contributed by atoms with Gasteiger partial charge in [-0.15, -0.1) is 0 Å². The van der Waals surface area contributed by atoms with Crippen LogP contribution in [-0.4, -0.2) is 71.1 Å². The Balaban J connectivity index is 1.52. The molecule has 0 radical (unpaired) electrons. The normalized spacial score (nSPS) is 36.0. The summed E-state index contributed by atoms with van der Waals surface area (Å²) in [5, 5.41) is 0.902. The molecule has 0 N–H and O–H groups in total. The lowest BCUT2D eigenvalue weighted by molar-refractivity contribution is 0.137. The van der Waals surface area contributed by atoms with E-state index >= 15 is 0 Å². The van der Waals surface area contributed by atoms with Crippen LogP contribution in [0.4, 0.5) is 0 Å². The zero-order valence-corrected chi connectivity index (χ0v) is 13.0. The van der Waals surface area contributed by atoms with Gasteiger partial charge in [0.05, 0.1) is 0 Å². The highest BCUT2D eigenvalue weighted by Crippen LogP contribution is 2.26. The number of thioether (sulfide) groups is 2. The van der Waals surface area contributed by atoms with Gasteiger partial charge in [-0.3, -0.25) is 4.90 Å². The van der Waals surface area contributed by atoms with Crippen molar-refractivity contribution in [3.63, 3.8) is 0 Å². The molecule has 0 aromatic heterocycles. The second-order valence-corrected chi connectivity index (χ2v) is 8.42.